The predicted molar refractivity (Wildman–Crippen MR) is 63.0 cm³/mol. The zero-order valence-corrected chi connectivity index (χ0v) is 8.95. The summed E-state index contributed by atoms with van der Waals surface area (Å²) < 4.78 is 0. The van der Waals surface area contributed by atoms with Crippen LogP contribution in [0.15, 0.2) is 30.3 Å². The lowest BCUT2D eigenvalue weighted by Gasteiger charge is -2.10. The molecule has 1 atom stereocenters. The van der Waals surface area contributed by atoms with E-state index in [1.54, 1.807) is 0 Å². The molecule has 0 saturated carbocycles. The molecule has 2 nitrogen and oxygen atoms in total. The van der Waals surface area contributed by atoms with E-state index in [1.165, 1.54) is 5.56 Å². The molecule has 0 saturated heterocycles. The molecular formula is C13H18NO. The highest BCUT2D eigenvalue weighted by Gasteiger charge is 2.06. The van der Waals surface area contributed by atoms with Crippen LogP contribution >= 0.6 is 0 Å². The van der Waals surface area contributed by atoms with Crippen molar-refractivity contribution in [3.8, 4) is 0 Å². The first-order valence-corrected chi connectivity index (χ1v) is 5.26. The number of aliphatic hydroxyl groups is 1. The monoisotopic (exact) mass is 204 g/mol. The molecule has 0 amide bonds. The lowest BCUT2D eigenvalue weighted by atomic mass is 9.97. The molecule has 1 radical (unpaired) electrons. The van der Waals surface area contributed by atoms with Gasteiger partial charge in [0.2, 0.25) is 0 Å². The van der Waals surface area contributed by atoms with Gasteiger partial charge in [-0.15, -0.1) is 0 Å². The third-order valence-corrected chi connectivity index (χ3v) is 2.33. The van der Waals surface area contributed by atoms with Crippen LogP contribution in [-0.4, -0.2) is 17.4 Å². The summed E-state index contributed by atoms with van der Waals surface area (Å²) in [6, 6.07) is 10.00. The Kier molecular flexibility index (Phi) is 5.05. The van der Waals surface area contributed by atoms with Crippen LogP contribution in [0.1, 0.15) is 18.4 Å². The molecule has 0 heterocycles. The van der Waals surface area contributed by atoms with Crippen LogP contribution in [-0.2, 0) is 6.42 Å². The van der Waals surface area contributed by atoms with E-state index in [0.29, 0.717) is 25.0 Å². The molecular weight excluding hydrogens is 186 g/mol. The highest BCUT2D eigenvalue weighted by molar-refractivity contribution is 5.83. The summed E-state index contributed by atoms with van der Waals surface area (Å²) in [7, 11) is 0. The van der Waals surface area contributed by atoms with Crippen molar-refractivity contribution >= 4 is 5.71 Å². The third kappa shape index (κ3) is 4.75. The van der Waals surface area contributed by atoms with E-state index >= 15 is 0 Å². The molecule has 0 aliphatic heterocycles. The molecule has 0 aliphatic carbocycles. The van der Waals surface area contributed by atoms with E-state index in [2.05, 4.69) is 6.92 Å². The van der Waals surface area contributed by atoms with Gasteiger partial charge in [0.1, 0.15) is 0 Å². The van der Waals surface area contributed by atoms with Crippen LogP contribution in [0.4, 0.5) is 0 Å². The second-order valence-corrected chi connectivity index (χ2v) is 3.85. The first-order valence-electron chi connectivity index (χ1n) is 5.26. The highest BCUT2D eigenvalue weighted by Crippen LogP contribution is 2.10. The van der Waals surface area contributed by atoms with Crippen molar-refractivity contribution in [1.82, 2.24) is 0 Å². The quantitative estimate of drug-likeness (QED) is 0.687. The van der Waals surface area contributed by atoms with Gasteiger partial charge in [-0.1, -0.05) is 30.3 Å². The van der Waals surface area contributed by atoms with Crippen molar-refractivity contribution in [2.45, 2.75) is 19.3 Å². The zero-order valence-electron chi connectivity index (χ0n) is 8.95. The Balaban J connectivity index is 2.36. The van der Waals surface area contributed by atoms with Gasteiger partial charge in [-0.2, -0.15) is 0 Å². The molecule has 1 aromatic carbocycles. The van der Waals surface area contributed by atoms with Gasteiger partial charge in [0, 0.05) is 18.7 Å². The minimum atomic E-state index is 0.159. The summed E-state index contributed by atoms with van der Waals surface area (Å²) in [5, 5.41) is 16.5. The summed E-state index contributed by atoms with van der Waals surface area (Å²) in [4.78, 5) is 0. The van der Waals surface area contributed by atoms with Gasteiger partial charge in [-0.25, -0.2) is 0 Å². The maximum Gasteiger partial charge on any atom is 0.0433 e. The fourth-order valence-electron chi connectivity index (χ4n) is 1.55. The molecule has 1 unspecified atom stereocenters. The smallest absolute Gasteiger partial charge is 0.0433 e. The van der Waals surface area contributed by atoms with Crippen LogP contribution in [0, 0.1) is 18.3 Å². The Morgan fingerprint density at radius 2 is 2.00 bits per heavy atom. The summed E-state index contributed by atoms with van der Waals surface area (Å²) in [5.74, 6) is 0.159. The Labute approximate surface area is 91.5 Å². The van der Waals surface area contributed by atoms with E-state index in [9.17, 15) is 0 Å². The molecule has 1 rings (SSSR count). The second-order valence-electron chi connectivity index (χ2n) is 3.85. The van der Waals surface area contributed by atoms with Gasteiger partial charge in [-0.05, 0) is 31.2 Å². The largest absolute Gasteiger partial charge is 0.396 e. The average Bonchev–Trinajstić information content (AvgIpc) is 2.19. The second kappa shape index (κ2) is 6.36. The van der Waals surface area contributed by atoms with E-state index in [0.717, 1.165) is 0 Å². The minimum absolute atomic E-state index is 0.159. The molecule has 81 valence electrons. The SMILES string of the molecule is [CH2]C(CCO)CC(=N)Cc1ccccc1. The molecule has 1 aromatic rings. The van der Waals surface area contributed by atoms with Crippen LogP contribution in [0.2, 0.25) is 0 Å². The molecule has 0 spiro atoms. The number of benzene rings is 1. The van der Waals surface area contributed by atoms with Crippen molar-refractivity contribution in [2.75, 3.05) is 6.61 Å². The molecule has 2 N–H and O–H groups in total. The van der Waals surface area contributed by atoms with Gasteiger partial charge in [0.25, 0.3) is 0 Å². The van der Waals surface area contributed by atoms with Gasteiger partial charge >= 0.3 is 0 Å². The average molecular weight is 204 g/mol. The summed E-state index contributed by atoms with van der Waals surface area (Å²) in [6.07, 6.45) is 2.05. The lowest BCUT2D eigenvalue weighted by Crippen LogP contribution is -2.09. The van der Waals surface area contributed by atoms with Crippen LogP contribution < -0.4 is 0 Å². The van der Waals surface area contributed by atoms with Crippen molar-refractivity contribution in [2.24, 2.45) is 5.92 Å². The topological polar surface area (TPSA) is 44.1 Å². The standard InChI is InChI=1S/C13H18NO/c1-11(7-8-15)9-13(14)10-12-5-3-2-4-6-12/h2-6,11,14-15H,1,7-10H2. The normalized spacial score (nSPS) is 12.4. The maximum atomic E-state index is 8.73. The Morgan fingerprint density at radius 1 is 1.33 bits per heavy atom. The number of hydrogen-bond donors (Lipinski definition) is 2. The maximum absolute atomic E-state index is 8.73. The van der Waals surface area contributed by atoms with Crippen molar-refractivity contribution < 1.29 is 5.11 Å². The van der Waals surface area contributed by atoms with Crippen LogP contribution in [0.25, 0.3) is 0 Å². The van der Waals surface area contributed by atoms with Crippen LogP contribution in [0.5, 0.6) is 0 Å². The summed E-state index contributed by atoms with van der Waals surface area (Å²) in [5.41, 5.74) is 1.85. The van der Waals surface area contributed by atoms with E-state index < -0.39 is 0 Å². The van der Waals surface area contributed by atoms with Gasteiger partial charge in [-0.3, -0.25) is 0 Å². The molecule has 0 bridgehead atoms. The number of hydrogen-bond acceptors (Lipinski definition) is 2. The Bertz CT molecular complexity index is 295. The Morgan fingerprint density at radius 3 is 2.60 bits per heavy atom. The lowest BCUT2D eigenvalue weighted by molar-refractivity contribution is 0.271. The van der Waals surface area contributed by atoms with Crippen molar-refractivity contribution in [3.63, 3.8) is 0 Å². The third-order valence-electron chi connectivity index (χ3n) is 2.33. The fraction of sp³-hybridized carbons (Fsp3) is 0.385. The van der Waals surface area contributed by atoms with E-state index in [4.69, 9.17) is 10.5 Å². The van der Waals surface area contributed by atoms with Gasteiger partial charge in [0.05, 0.1) is 0 Å². The zero-order chi connectivity index (χ0) is 11.1. The predicted octanol–water partition coefficient (Wildman–Crippen LogP) is 2.47. The summed E-state index contributed by atoms with van der Waals surface area (Å²) in [6.45, 7) is 4.07. The first kappa shape index (κ1) is 11.9. The van der Waals surface area contributed by atoms with E-state index in [-0.39, 0.29) is 12.5 Å². The number of rotatable bonds is 6. The fourth-order valence-corrected chi connectivity index (χ4v) is 1.55. The summed E-state index contributed by atoms with van der Waals surface area (Å²) >= 11 is 0. The number of aliphatic hydroxyl groups excluding tert-OH is 1. The van der Waals surface area contributed by atoms with Gasteiger partial charge in [0.15, 0.2) is 0 Å². The van der Waals surface area contributed by atoms with E-state index in [1.807, 2.05) is 30.3 Å². The number of nitrogens with one attached hydrogen (secondary N) is 1. The molecule has 15 heavy (non-hydrogen) atoms. The Hall–Kier alpha value is -1.15. The minimum Gasteiger partial charge on any atom is -0.396 e. The van der Waals surface area contributed by atoms with Crippen molar-refractivity contribution in [3.05, 3.63) is 42.8 Å². The first-order chi connectivity index (χ1) is 7.22. The molecule has 0 aliphatic rings. The van der Waals surface area contributed by atoms with Crippen LogP contribution in [0.3, 0.4) is 0 Å². The molecule has 0 aromatic heterocycles. The van der Waals surface area contributed by atoms with Crippen molar-refractivity contribution in [1.29, 1.82) is 5.41 Å². The molecule has 0 fully saturated rings. The van der Waals surface area contributed by atoms with Gasteiger partial charge < -0.3 is 10.5 Å². The molecule has 2 heteroatoms. The highest BCUT2D eigenvalue weighted by atomic mass is 16.3.